The second kappa shape index (κ2) is 2.72. The van der Waals surface area contributed by atoms with Crippen LogP contribution in [0.5, 0.6) is 0 Å². The van der Waals surface area contributed by atoms with Crippen LogP contribution < -0.4 is 5.73 Å². The lowest BCUT2D eigenvalue weighted by molar-refractivity contribution is 0.627. The van der Waals surface area contributed by atoms with Gasteiger partial charge in [-0.3, -0.25) is 4.98 Å². The molecule has 1 aromatic heterocycles. The molecule has 0 aliphatic rings. The van der Waals surface area contributed by atoms with Crippen LogP contribution >= 0.6 is 11.6 Å². The fourth-order valence-electron chi connectivity index (χ4n) is 0.557. The third kappa shape index (κ3) is 1.23. The van der Waals surface area contributed by atoms with Crippen LogP contribution in [0.2, 0.25) is 5.15 Å². The zero-order valence-electron chi connectivity index (χ0n) is 5.31. The quantitative estimate of drug-likeness (QED) is 0.479. The maximum absolute atomic E-state index is 12.7. The van der Waals surface area contributed by atoms with Crippen molar-refractivity contribution in [3.8, 4) is 0 Å². The van der Waals surface area contributed by atoms with E-state index in [2.05, 4.69) is 9.83 Å². The van der Waals surface area contributed by atoms with Gasteiger partial charge in [-0.05, 0) is 0 Å². The van der Waals surface area contributed by atoms with Crippen LogP contribution in [0.15, 0.2) is 6.20 Å². The molecule has 5 heteroatoms. The van der Waals surface area contributed by atoms with Crippen molar-refractivity contribution >= 4 is 23.0 Å². The third-order valence-corrected chi connectivity index (χ3v) is 1.38. The summed E-state index contributed by atoms with van der Waals surface area (Å²) in [7, 11) is 0. The summed E-state index contributed by atoms with van der Waals surface area (Å²) in [5.74, 6) is -0.833. The van der Waals surface area contributed by atoms with Crippen LogP contribution in [0.4, 0.5) is 15.8 Å². The molecule has 56 valence electrons. The lowest BCUT2D eigenvalue weighted by atomic mass is 10.3. The molecule has 1 heterocycles. The first-order chi connectivity index (χ1) is 5.16. The van der Waals surface area contributed by atoms with Gasteiger partial charge in [0.1, 0.15) is 0 Å². The van der Waals surface area contributed by atoms with Gasteiger partial charge in [-0.2, -0.15) is 0 Å². The summed E-state index contributed by atoms with van der Waals surface area (Å²) in [6.45, 7) is 6.55. The van der Waals surface area contributed by atoms with Gasteiger partial charge in [0.2, 0.25) is 5.69 Å². The minimum atomic E-state index is -0.833. The van der Waals surface area contributed by atoms with Crippen molar-refractivity contribution in [2.24, 2.45) is 0 Å². The largest absolute Gasteiger partial charge is 0.405 e. The zero-order chi connectivity index (χ0) is 8.43. The van der Waals surface area contributed by atoms with Crippen molar-refractivity contribution in [2.75, 3.05) is 5.73 Å². The molecule has 0 amide bonds. The van der Waals surface area contributed by atoms with E-state index in [1.807, 2.05) is 0 Å². The Bertz CT molecular complexity index is 331. The van der Waals surface area contributed by atoms with Crippen LogP contribution in [0, 0.1) is 12.4 Å². The molecule has 1 aromatic rings. The van der Waals surface area contributed by atoms with E-state index < -0.39 is 5.82 Å². The second-order valence-corrected chi connectivity index (χ2v) is 2.13. The SMILES string of the molecule is [C-]#[N+]c1cnc(Cl)c(F)c1N. The van der Waals surface area contributed by atoms with Gasteiger partial charge >= 0.3 is 0 Å². The van der Waals surface area contributed by atoms with Gasteiger partial charge < -0.3 is 5.73 Å². The first-order valence-electron chi connectivity index (χ1n) is 2.63. The molecule has 1 rings (SSSR count). The highest BCUT2D eigenvalue weighted by Crippen LogP contribution is 2.27. The summed E-state index contributed by atoms with van der Waals surface area (Å²) in [6, 6.07) is 0. The monoisotopic (exact) mass is 171 g/mol. The van der Waals surface area contributed by atoms with Crippen molar-refractivity contribution in [1.29, 1.82) is 0 Å². The van der Waals surface area contributed by atoms with E-state index in [0.717, 1.165) is 6.20 Å². The number of nitrogen functional groups attached to an aromatic ring is 1. The van der Waals surface area contributed by atoms with Crippen LogP contribution in [0.1, 0.15) is 0 Å². The fraction of sp³-hybridized carbons (Fsp3) is 0. The Morgan fingerprint density at radius 2 is 2.36 bits per heavy atom. The van der Waals surface area contributed by atoms with E-state index in [9.17, 15) is 4.39 Å². The minimum absolute atomic E-state index is 0.0214. The van der Waals surface area contributed by atoms with E-state index in [0.29, 0.717) is 0 Å². The lowest BCUT2D eigenvalue weighted by Gasteiger charge is -1.98. The number of rotatable bonds is 0. The highest BCUT2D eigenvalue weighted by Gasteiger charge is 2.09. The van der Waals surface area contributed by atoms with Gasteiger partial charge in [0, 0.05) is 6.20 Å². The average molecular weight is 172 g/mol. The Labute approximate surface area is 67.4 Å². The Morgan fingerprint density at radius 3 is 2.91 bits per heavy atom. The molecule has 0 radical (unpaired) electrons. The maximum Gasteiger partial charge on any atom is 0.230 e. The number of anilines is 1. The summed E-state index contributed by atoms with van der Waals surface area (Å²) < 4.78 is 12.7. The second-order valence-electron chi connectivity index (χ2n) is 1.77. The van der Waals surface area contributed by atoms with Gasteiger partial charge in [0.05, 0.1) is 12.3 Å². The molecule has 0 aliphatic heterocycles. The van der Waals surface area contributed by atoms with Crippen LogP contribution in [-0.4, -0.2) is 4.98 Å². The van der Waals surface area contributed by atoms with E-state index in [1.54, 1.807) is 0 Å². The van der Waals surface area contributed by atoms with Gasteiger partial charge in [-0.25, -0.2) is 9.24 Å². The molecule has 3 nitrogen and oxygen atoms in total. The standard InChI is InChI=1S/C6H3ClFN3/c1-10-3-2-11-6(7)4(8)5(3)9/h2H,(H2,9,11). The number of pyridine rings is 1. The zero-order valence-corrected chi connectivity index (χ0v) is 6.06. The molecule has 0 spiro atoms. The van der Waals surface area contributed by atoms with Gasteiger partial charge in [0.15, 0.2) is 11.0 Å². The number of hydrogen-bond donors (Lipinski definition) is 1. The number of hydrogen-bond acceptors (Lipinski definition) is 2. The van der Waals surface area contributed by atoms with E-state index in [4.69, 9.17) is 23.9 Å². The molecule has 0 bridgehead atoms. The normalized spacial score (nSPS) is 9.18. The molecular weight excluding hydrogens is 169 g/mol. The molecule has 2 N–H and O–H groups in total. The number of halogens is 2. The molecule has 0 aliphatic carbocycles. The predicted octanol–water partition coefficient (Wildman–Crippen LogP) is 2.01. The number of aromatic nitrogens is 1. The maximum atomic E-state index is 12.7. The molecule has 0 saturated heterocycles. The van der Waals surface area contributed by atoms with Gasteiger partial charge in [-0.1, -0.05) is 11.6 Å². The summed E-state index contributed by atoms with van der Waals surface area (Å²) in [6.07, 6.45) is 1.13. The summed E-state index contributed by atoms with van der Waals surface area (Å²) in [5, 5.41) is -0.310. The molecule has 0 atom stereocenters. The van der Waals surface area contributed by atoms with E-state index in [-0.39, 0.29) is 16.5 Å². The van der Waals surface area contributed by atoms with E-state index in [1.165, 1.54) is 0 Å². The van der Waals surface area contributed by atoms with Crippen molar-refractivity contribution < 1.29 is 4.39 Å². The van der Waals surface area contributed by atoms with E-state index >= 15 is 0 Å². The molecule has 0 aromatic carbocycles. The fourth-order valence-corrected chi connectivity index (χ4v) is 0.707. The summed E-state index contributed by atoms with van der Waals surface area (Å²) in [5.41, 5.74) is 4.91. The molecular formula is C6H3ClFN3. The first kappa shape index (κ1) is 7.76. The highest BCUT2D eigenvalue weighted by atomic mass is 35.5. The number of nitrogens with two attached hydrogens (primary N) is 1. The average Bonchev–Trinajstić information content (AvgIpc) is 2.01. The van der Waals surface area contributed by atoms with Crippen molar-refractivity contribution in [1.82, 2.24) is 4.98 Å². The Morgan fingerprint density at radius 1 is 1.73 bits per heavy atom. The van der Waals surface area contributed by atoms with Gasteiger partial charge in [0.25, 0.3) is 0 Å². The van der Waals surface area contributed by atoms with Gasteiger partial charge in [-0.15, -0.1) is 0 Å². The Kier molecular flexibility index (Phi) is 1.92. The van der Waals surface area contributed by atoms with Crippen LogP contribution in [0.3, 0.4) is 0 Å². The van der Waals surface area contributed by atoms with Crippen molar-refractivity contribution in [3.05, 3.63) is 28.6 Å². The van der Waals surface area contributed by atoms with Crippen molar-refractivity contribution in [2.45, 2.75) is 0 Å². The predicted molar refractivity (Wildman–Crippen MR) is 39.9 cm³/mol. The number of nitrogens with zero attached hydrogens (tertiary/aromatic N) is 2. The topological polar surface area (TPSA) is 43.3 Å². The smallest absolute Gasteiger partial charge is 0.230 e. The highest BCUT2D eigenvalue weighted by molar-refractivity contribution is 6.29. The van der Waals surface area contributed by atoms with Crippen molar-refractivity contribution in [3.63, 3.8) is 0 Å². The summed E-state index contributed by atoms with van der Waals surface area (Å²) >= 11 is 5.27. The first-order valence-corrected chi connectivity index (χ1v) is 3.01. The van der Waals surface area contributed by atoms with Crippen LogP contribution in [-0.2, 0) is 0 Å². The molecule has 11 heavy (non-hydrogen) atoms. The lowest BCUT2D eigenvalue weighted by Crippen LogP contribution is -1.92. The summed E-state index contributed by atoms with van der Waals surface area (Å²) in [4.78, 5) is 6.34. The Balaban J connectivity index is 3.40. The third-order valence-electron chi connectivity index (χ3n) is 1.11. The Hall–Kier alpha value is -1.34. The molecule has 0 saturated carbocycles. The molecule has 0 fully saturated rings. The molecule has 0 unspecified atom stereocenters. The minimum Gasteiger partial charge on any atom is -0.405 e. The van der Waals surface area contributed by atoms with Crippen LogP contribution in [0.25, 0.3) is 4.85 Å².